The molecule has 108 valence electrons. The number of anilines is 1. The van der Waals surface area contributed by atoms with Gasteiger partial charge in [-0.25, -0.2) is 22.0 Å². The Labute approximate surface area is 110 Å². The van der Waals surface area contributed by atoms with Gasteiger partial charge >= 0.3 is 0 Å². The molecule has 4 nitrogen and oxygen atoms in total. The van der Waals surface area contributed by atoms with Crippen LogP contribution in [0.1, 0.15) is 11.6 Å². The van der Waals surface area contributed by atoms with E-state index >= 15 is 0 Å². The fourth-order valence-corrected chi connectivity index (χ4v) is 1.53. The minimum absolute atomic E-state index is 0.240. The van der Waals surface area contributed by atoms with Gasteiger partial charge in [-0.2, -0.15) is 0 Å². The Morgan fingerprint density at radius 2 is 1.40 bits per heavy atom. The van der Waals surface area contributed by atoms with Gasteiger partial charge in [-0.05, 0) is 6.92 Å². The number of halogens is 5. The Balaban J connectivity index is 2.33. The van der Waals surface area contributed by atoms with Crippen molar-refractivity contribution in [2.24, 2.45) is 7.05 Å². The van der Waals surface area contributed by atoms with Gasteiger partial charge in [-0.1, -0.05) is 0 Å². The van der Waals surface area contributed by atoms with Gasteiger partial charge in [0.05, 0.1) is 6.54 Å². The molecule has 0 aliphatic rings. The molecule has 1 N–H and O–H groups in total. The number of aryl methyl sites for hydroxylation is 1. The molecule has 0 spiro atoms. The molecule has 20 heavy (non-hydrogen) atoms. The van der Waals surface area contributed by atoms with Gasteiger partial charge in [-0.15, -0.1) is 10.2 Å². The van der Waals surface area contributed by atoms with Crippen LogP contribution in [0.3, 0.4) is 0 Å². The van der Waals surface area contributed by atoms with E-state index in [2.05, 4.69) is 15.5 Å². The summed E-state index contributed by atoms with van der Waals surface area (Å²) in [5, 5.41) is 9.54. The number of hydrogen-bond donors (Lipinski definition) is 1. The average Bonchev–Trinajstić information content (AvgIpc) is 2.75. The molecule has 0 saturated carbocycles. The molecule has 1 aromatic carbocycles. The summed E-state index contributed by atoms with van der Waals surface area (Å²) in [5.41, 5.74) is -1.10. The number of nitrogens with one attached hydrogen (secondary N) is 1. The third-order valence-corrected chi connectivity index (χ3v) is 2.82. The van der Waals surface area contributed by atoms with E-state index in [1.165, 1.54) is 4.57 Å². The van der Waals surface area contributed by atoms with E-state index in [4.69, 9.17) is 0 Å². The second kappa shape index (κ2) is 5.06. The monoisotopic (exact) mass is 292 g/mol. The average molecular weight is 292 g/mol. The zero-order valence-electron chi connectivity index (χ0n) is 10.4. The largest absolute Gasteiger partial charge is 0.373 e. The quantitative estimate of drug-likeness (QED) is 0.537. The van der Waals surface area contributed by atoms with Gasteiger partial charge in [0.25, 0.3) is 0 Å². The summed E-state index contributed by atoms with van der Waals surface area (Å²) in [6.45, 7) is 1.41. The van der Waals surface area contributed by atoms with Gasteiger partial charge < -0.3 is 9.88 Å². The number of aromatic nitrogens is 3. The molecule has 2 rings (SSSR count). The van der Waals surface area contributed by atoms with Crippen molar-refractivity contribution in [1.82, 2.24) is 14.8 Å². The van der Waals surface area contributed by atoms with Crippen LogP contribution in [0, 0.1) is 36.0 Å². The van der Waals surface area contributed by atoms with E-state index in [1.807, 2.05) is 0 Å². The fourth-order valence-electron chi connectivity index (χ4n) is 1.53. The third-order valence-electron chi connectivity index (χ3n) is 2.82. The first-order valence-electron chi connectivity index (χ1n) is 5.44. The first kappa shape index (κ1) is 14.2. The van der Waals surface area contributed by atoms with E-state index < -0.39 is 34.8 Å². The van der Waals surface area contributed by atoms with E-state index in [-0.39, 0.29) is 12.4 Å². The van der Waals surface area contributed by atoms with Gasteiger partial charge in [0.2, 0.25) is 5.82 Å². The molecule has 0 aliphatic carbocycles. The maximum Gasteiger partial charge on any atom is 0.200 e. The van der Waals surface area contributed by atoms with Crippen LogP contribution in [0.2, 0.25) is 0 Å². The van der Waals surface area contributed by atoms with Crippen molar-refractivity contribution in [3.8, 4) is 0 Å². The molecule has 2 aromatic rings. The van der Waals surface area contributed by atoms with Gasteiger partial charge in [0.15, 0.2) is 29.1 Å². The van der Waals surface area contributed by atoms with Crippen LogP contribution < -0.4 is 5.32 Å². The van der Waals surface area contributed by atoms with Crippen LogP contribution >= 0.6 is 0 Å². The standard InChI is InChI=1S/C11H9F5N4/c1-4-18-19-5(20(4)2)3-17-11-9(15)7(13)6(12)8(14)10(11)16/h17H,3H2,1-2H3. The summed E-state index contributed by atoms with van der Waals surface area (Å²) in [7, 11) is 1.60. The van der Waals surface area contributed by atoms with Crippen molar-refractivity contribution in [2.45, 2.75) is 13.5 Å². The van der Waals surface area contributed by atoms with Crippen LogP contribution in [0.15, 0.2) is 0 Å². The van der Waals surface area contributed by atoms with Crippen LogP contribution in [0.4, 0.5) is 27.6 Å². The highest BCUT2D eigenvalue weighted by atomic mass is 19.2. The SMILES string of the molecule is Cc1nnc(CNc2c(F)c(F)c(F)c(F)c2F)n1C. The van der Waals surface area contributed by atoms with Crippen LogP contribution in [0.25, 0.3) is 0 Å². The predicted octanol–water partition coefficient (Wildman–Crippen LogP) is 2.43. The topological polar surface area (TPSA) is 42.7 Å². The summed E-state index contributed by atoms with van der Waals surface area (Å²) < 4.78 is 67.1. The molecule has 0 radical (unpaired) electrons. The molecule has 0 aliphatic heterocycles. The Morgan fingerprint density at radius 1 is 0.900 bits per heavy atom. The number of nitrogens with zero attached hydrogens (tertiary/aromatic N) is 3. The zero-order chi connectivity index (χ0) is 15.0. The van der Waals surface area contributed by atoms with Crippen LogP contribution in [-0.2, 0) is 13.6 Å². The number of hydrogen-bond acceptors (Lipinski definition) is 3. The summed E-state index contributed by atoms with van der Waals surface area (Å²) in [4.78, 5) is 0. The van der Waals surface area contributed by atoms with Crippen molar-refractivity contribution >= 4 is 5.69 Å². The third kappa shape index (κ3) is 2.19. The van der Waals surface area contributed by atoms with Crippen molar-refractivity contribution < 1.29 is 22.0 Å². The van der Waals surface area contributed by atoms with Gasteiger partial charge in [0.1, 0.15) is 11.5 Å². The molecule has 0 fully saturated rings. The lowest BCUT2D eigenvalue weighted by atomic mass is 10.2. The lowest BCUT2D eigenvalue weighted by Crippen LogP contribution is -2.12. The normalized spacial score (nSPS) is 10.9. The molecule has 0 atom stereocenters. The summed E-state index contributed by atoms with van der Waals surface area (Å²) in [6, 6.07) is 0. The van der Waals surface area contributed by atoms with E-state index in [0.717, 1.165) is 0 Å². The number of rotatable bonds is 3. The minimum Gasteiger partial charge on any atom is -0.373 e. The smallest absolute Gasteiger partial charge is 0.200 e. The first-order valence-corrected chi connectivity index (χ1v) is 5.44. The molecule has 0 bridgehead atoms. The second-order valence-electron chi connectivity index (χ2n) is 4.02. The van der Waals surface area contributed by atoms with E-state index in [1.54, 1.807) is 14.0 Å². The van der Waals surface area contributed by atoms with E-state index in [0.29, 0.717) is 5.82 Å². The van der Waals surface area contributed by atoms with Crippen LogP contribution in [-0.4, -0.2) is 14.8 Å². The van der Waals surface area contributed by atoms with Crippen molar-refractivity contribution in [3.63, 3.8) is 0 Å². The molecule has 0 unspecified atom stereocenters. The number of benzene rings is 1. The molecule has 0 amide bonds. The molecular weight excluding hydrogens is 283 g/mol. The summed E-state index contributed by atoms with van der Waals surface area (Å²) in [6.07, 6.45) is 0. The summed E-state index contributed by atoms with van der Waals surface area (Å²) >= 11 is 0. The highest BCUT2D eigenvalue weighted by Gasteiger charge is 2.25. The molecule has 9 heteroatoms. The predicted molar refractivity (Wildman–Crippen MR) is 59.3 cm³/mol. The molecule has 0 saturated heterocycles. The Bertz CT molecular complexity index is 638. The lowest BCUT2D eigenvalue weighted by Gasteiger charge is -2.10. The van der Waals surface area contributed by atoms with Gasteiger partial charge in [-0.3, -0.25) is 0 Å². The highest BCUT2D eigenvalue weighted by molar-refractivity contribution is 5.47. The maximum absolute atomic E-state index is 13.4. The second-order valence-corrected chi connectivity index (χ2v) is 4.02. The Hall–Kier alpha value is -2.19. The molecular formula is C11H9F5N4. The van der Waals surface area contributed by atoms with Crippen LogP contribution in [0.5, 0.6) is 0 Å². The zero-order valence-corrected chi connectivity index (χ0v) is 10.4. The molecule has 1 aromatic heterocycles. The van der Waals surface area contributed by atoms with Crippen molar-refractivity contribution in [1.29, 1.82) is 0 Å². The minimum atomic E-state index is -2.19. The first-order chi connectivity index (χ1) is 9.34. The van der Waals surface area contributed by atoms with Gasteiger partial charge in [0, 0.05) is 7.05 Å². The lowest BCUT2D eigenvalue weighted by molar-refractivity contribution is 0.381. The summed E-state index contributed by atoms with van der Waals surface area (Å²) in [5.74, 6) is -9.20. The fraction of sp³-hybridized carbons (Fsp3) is 0.273. The maximum atomic E-state index is 13.4. The Morgan fingerprint density at radius 3 is 1.85 bits per heavy atom. The van der Waals surface area contributed by atoms with Crippen molar-refractivity contribution in [2.75, 3.05) is 5.32 Å². The van der Waals surface area contributed by atoms with E-state index in [9.17, 15) is 22.0 Å². The van der Waals surface area contributed by atoms with Crippen molar-refractivity contribution in [3.05, 3.63) is 40.7 Å². The highest BCUT2D eigenvalue weighted by Crippen LogP contribution is 2.27. The molecule has 1 heterocycles. The Kier molecular flexibility index (Phi) is 3.60.